The summed E-state index contributed by atoms with van der Waals surface area (Å²) in [5.41, 5.74) is -0.0184. The molecule has 0 radical (unpaired) electrons. The van der Waals surface area contributed by atoms with Gasteiger partial charge in [-0.25, -0.2) is 0 Å². The highest BCUT2D eigenvalue weighted by molar-refractivity contribution is 9.10. The van der Waals surface area contributed by atoms with Gasteiger partial charge in [0, 0.05) is 16.5 Å². The SMILES string of the molecule is CN1CC(=O)N(C=NCC(=O)OC(C)(C)C)c2c(Br)cc(Cl)cc2C1=O. The fourth-order valence-corrected chi connectivity index (χ4v) is 3.35. The number of rotatable bonds is 3. The van der Waals surface area contributed by atoms with E-state index in [4.69, 9.17) is 16.3 Å². The van der Waals surface area contributed by atoms with Gasteiger partial charge in [-0.05, 0) is 48.8 Å². The zero-order valence-electron chi connectivity index (χ0n) is 14.9. The van der Waals surface area contributed by atoms with Crippen LogP contribution in [0.5, 0.6) is 0 Å². The highest BCUT2D eigenvalue weighted by Gasteiger charge is 2.31. The van der Waals surface area contributed by atoms with Crippen molar-refractivity contribution in [3.8, 4) is 0 Å². The molecule has 1 heterocycles. The molecule has 0 fully saturated rings. The second kappa shape index (κ2) is 7.75. The van der Waals surface area contributed by atoms with Crippen molar-refractivity contribution in [2.45, 2.75) is 26.4 Å². The second-order valence-electron chi connectivity index (χ2n) is 6.75. The molecule has 2 amide bonds. The zero-order valence-corrected chi connectivity index (χ0v) is 17.2. The predicted molar refractivity (Wildman–Crippen MR) is 103 cm³/mol. The topological polar surface area (TPSA) is 79.3 Å². The van der Waals surface area contributed by atoms with Gasteiger partial charge in [-0.3, -0.25) is 24.3 Å². The Morgan fingerprint density at radius 2 is 2.04 bits per heavy atom. The number of likely N-dealkylation sites (N-methyl/N-ethyl adjacent to an activating group) is 1. The highest BCUT2D eigenvalue weighted by atomic mass is 79.9. The van der Waals surface area contributed by atoms with Crippen LogP contribution in [-0.4, -0.2) is 54.8 Å². The van der Waals surface area contributed by atoms with Gasteiger partial charge in [-0.2, -0.15) is 0 Å². The van der Waals surface area contributed by atoms with Crippen molar-refractivity contribution in [1.82, 2.24) is 4.90 Å². The number of hydrogen-bond donors (Lipinski definition) is 0. The number of anilines is 1. The van der Waals surface area contributed by atoms with Crippen LogP contribution in [0.3, 0.4) is 0 Å². The Balaban J connectivity index is 2.35. The van der Waals surface area contributed by atoms with E-state index in [2.05, 4.69) is 20.9 Å². The first-order valence-corrected chi connectivity index (χ1v) is 8.95. The normalized spacial score (nSPS) is 15.3. The summed E-state index contributed by atoms with van der Waals surface area (Å²) in [6.45, 7) is 4.89. The first-order chi connectivity index (χ1) is 12.0. The number of carbonyl (C=O) groups is 3. The minimum atomic E-state index is -0.619. The summed E-state index contributed by atoms with van der Waals surface area (Å²) in [5, 5.41) is 0.359. The summed E-state index contributed by atoms with van der Waals surface area (Å²) in [7, 11) is 1.53. The largest absolute Gasteiger partial charge is 0.459 e. The van der Waals surface area contributed by atoms with E-state index < -0.39 is 11.6 Å². The summed E-state index contributed by atoms with van der Waals surface area (Å²) < 4.78 is 5.65. The fraction of sp³-hybridized carbons (Fsp3) is 0.412. The van der Waals surface area contributed by atoms with Gasteiger partial charge >= 0.3 is 5.97 Å². The van der Waals surface area contributed by atoms with Crippen molar-refractivity contribution >= 4 is 57.3 Å². The molecule has 7 nitrogen and oxygen atoms in total. The van der Waals surface area contributed by atoms with Crippen LogP contribution in [0.1, 0.15) is 31.1 Å². The molecule has 26 heavy (non-hydrogen) atoms. The molecular formula is C17H19BrClN3O4. The monoisotopic (exact) mass is 443 g/mol. The zero-order chi connectivity index (χ0) is 19.6. The van der Waals surface area contributed by atoms with E-state index in [0.717, 1.165) is 0 Å². The van der Waals surface area contributed by atoms with Crippen molar-refractivity contribution in [2.75, 3.05) is 25.0 Å². The first kappa shape index (κ1) is 20.4. The molecule has 0 N–H and O–H groups in total. The number of nitrogens with zero attached hydrogens (tertiary/aromatic N) is 3. The lowest BCUT2D eigenvalue weighted by molar-refractivity contribution is -0.152. The first-order valence-electron chi connectivity index (χ1n) is 7.78. The number of ether oxygens (including phenoxy) is 1. The summed E-state index contributed by atoms with van der Waals surface area (Å²) in [4.78, 5) is 43.4. The van der Waals surface area contributed by atoms with Gasteiger partial charge in [-0.1, -0.05) is 11.6 Å². The lowest BCUT2D eigenvalue weighted by atomic mass is 10.1. The number of carbonyl (C=O) groups excluding carboxylic acids is 3. The summed E-state index contributed by atoms with van der Waals surface area (Å²) in [6.07, 6.45) is 1.23. The number of halogens is 2. The van der Waals surface area contributed by atoms with Crippen LogP contribution in [0.15, 0.2) is 21.6 Å². The molecule has 1 aliphatic heterocycles. The number of amides is 2. The molecule has 1 aromatic carbocycles. The maximum atomic E-state index is 12.5. The lowest BCUT2D eigenvalue weighted by Gasteiger charge is -2.20. The van der Waals surface area contributed by atoms with E-state index in [1.54, 1.807) is 26.8 Å². The fourth-order valence-electron chi connectivity index (χ4n) is 2.35. The molecule has 0 saturated heterocycles. The maximum Gasteiger partial charge on any atom is 0.328 e. The van der Waals surface area contributed by atoms with Gasteiger partial charge in [0.05, 0.1) is 17.6 Å². The number of benzene rings is 1. The Bertz CT molecular complexity index is 789. The average Bonchev–Trinajstić information content (AvgIpc) is 2.56. The van der Waals surface area contributed by atoms with E-state index in [-0.39, 0.29) is 30.5 Å². The van der Waals surface area contributed by atoms with E-state index in [1.807, 2.05) is 0 Å². The third-order valence-electron chi connectivity index (χ3n) is 3.32. The number of aliphatic imine (C=N–C) groups is 1. The molecule has 9 heteroatoms. The van der Waals surface area contributed by atoms with E-state index in [0.29, 0.717) is 15.2 Å². The second-order valence-corrected chi connectivity index (χ2v) is 8.04. The third-order valence-corrected chi connectivity index (χ3v) is 4.15. The summed E-state index contributed by atoms with van der Waals surface area (Å²) in [5.74, 6) is -1.21. The molecule has 0 aliphatic carbocycles. The molecule has 0 aromatic heterocycles. The van der Waals surface area contributed by atoms with Crippen molar-refractivity contribution < 1.29 is 19.1 Å². The van der Waals surface area contributed by atoms with E-state index >= 15 is 0 Å². The van der Waals surface area contributed by atoms with Crippen LogP contribution in [-0.2, 0) is 14.3 Å². The van der Waals surface area contributed by atoms with Gasteiger partial charge in [0.15, 0.2) is 0 Å². The Hall–Kier alpha value is -1.93. The quantitative estimate of drug-likeness (QED) is 0.408. The van der Waals surface area contributed by atoms with Gasteiger partial charge < -0.3 is 9.64 Å². The van der Waals surface area contributed by atoms with Crippen molar-refractivity contribution in [3.63, 3.8) is 0 Å². The number of hydrogen-bond acceptors (Lipinski definition) is 5. The van der Waals surface area contributed by atoms with Gasteiger partial charge in [0.1, 0.15) is 18.7 Å². The minimum absolute atomic E-state index is 0.129. The van der Waals surface area contributed by atoms with Crippen LogP contribution in [0.4, 0.5) is 5.69 Å². The Kier molecular flexibility index (Phi) is 6.08. The number of fused-ring (bicyclic) bond motifs is 1. The highest BCUT2D eigenvalue weighted by Crippen LogP contribution is 2.35. The van der Waals surface area contributed by atoms with Crippen LogP contribution in [0.25, 0.3) is 0 Å². The third kappa shape index (κ3) is 4.82. The molecule has 0 atom stereocenters. The van der Waals surface area contributed by atoms with Crippen LogP contribution < -0.4 is 4.90 Å². The van der Waals surface area contributed by atoms with Gasteiger partial charge in [0.2, 0.25) is 0 Å². The molecule has 140 valence electrons. The summed E-state index contributed by atoms with van der Waals surface area (Å²) in [6, 6.07) is 3.08. The summed E-state index contributed by atoms with van der Waals surface area (Å²) >= 11 is 9.38. The molecule has 1 aromatic rings. The van der Waals surface area contributed by atoms with Gasteiger partial charge in [-0.15, -0.1) is 0 Å². The molecule has 0 spiro atoms. The lowest BCUT2D eigenvalue weighted by Crippen LogP contribution is -2.37. The molecule has 0 saturated carbocycles. The van der Waals surface area contributed by atoms with Crippen LogP contribution >= 0.6 is 27.5 Å². The van der Waals surface area contributed by atoms with Crippen LogP contribution in [0.2, 0.25) is 5.02 Å². The van der Waals surface area contributed by atoms with Crippen molar-refractivity contribution in [1.29, 1.82) is 0 Å². The molecule has 1 aliphatic rings. The maximum absolute atomic E-state index is 12.5. The van der Waals surface area contributed by atoms with E-state index in [1.165, 1.54) is 29.3 Å². The molecular weight excluding hydrogens is 426 g/mol. The minimum Gasteiger partial charge on any atom is -0.459 e. The molecule has 0 bridgehead atoms. The number of esters is 1. The smallest absolute Gasteiger partial charge is 0.328 e. The van der Waals surface area contributed by atoms with Crippen LogP contribution in [0, 0.1) is 0 Å². The predicted octanol–water partition coefficient (Wildman–Crippen LogP) is 2.89. The Morgan fingerprint density at radius 1 is 1.38 bits per heavy atom. The van der Waals surface area contributed by atoms with Crippen molar-refractivity contribution in [3.05, 3.63) is 27.2 Å². The van der Waals surface area contributed by atoms with E-state index in [9.17, 15) is 14.4 Å². The molecule has 2 rings (SSSR count). The average molecular weight is 445 g/mol. The standard InChI is InChI=1S/C17H19BrClN3O4/c1-17(2,3)26-14(24)7-20-9-22-13(23)8-21(4)16(25)11-5-10(19)6-12(18)15(11)22/h5-6,9H,7-8H2,1-4H3. The Morgan fingerprint density at radius 3 is 2.65 bits per heavy atom. The van der Waals surface area contributed by atoms with Crippen molar-refractivity contribution in [2.24, 2.45) is 4.99 Å². The Labute approximate surface area is 165 Å². The molecule has 0 unspecified atom stereocenters. The van der Waals surface area contributed by atoms with Gasteiger partial charge in [0.25, 0.3) is 11.8 Å².